The fourth-order valence-electron chi connectivity index (χ4n) is 6.29. The highest BCUT2D eigenvalue weighted by atomic mass is 14.7. The number of hydrogen-bond donors (Lipinski definition) is 0. The lowest BCUT2D eigenvalue weighted by molar-refractivity contribution is 1.32. The van der Waals surface area contributed by atoms with E-state index in [0.717, 1.165) is 33.6 Å². The molecule has 0 spiro atoms. The fraction of sp³-hybridized carbons (Fsp3) is 0. The Bertz CT molecular complexity index is 2170. The second-order valence-electron chi connectivity index (χ2n) is 12.0. The van der Waals surface area contributed by atoms with Gasteiger partial charge in [0.15, 0.2) is 0 Å². The minimum absolute atomic E-state index is 0.950. The first kappa shape index (κ1) is 29.1. The molecule has 7 aromatic carbocycles. The average Bonchev–Trinajstić information content (AvgIpc) is 3.19. The zero-order chi connectivity index (χ0) is 32.1. The first-order chi connectivity index (χ1) is 23.8. The molecule has 1 nitrogen and oxygen atoms in total. The van der Waals surface area contributed by atoms with Gasteiger partial charge in [0.1, 0.15) is 0 Å². The van der Waals surface area contributed by atoms with Crippen molar-refractivity contribution >= 4 is 0 Å². The largest absolute Gasteiger partial charge is 0.248 e. The number of pyridine rings is 1. The molecule has 226 valence electrons. The van der Waals surface area contributed by atoms with Gasteiger partial charge in [-0.3, -0.25) is 0 Å². The molecule has 0 bridgehead atoms. The molecule has 8 rings (SSSR count). The predicted molar refractivity (Wildman–Crippen MR) is 202 cm³/mol. The molecule has 0 aliphatic rings. The number of aromatic nitrogens is 1. The molecule has 0 fully saturated rings. The highest BCUT2D eigenvalue weighted by Gasteiger charge is 2.11. The smallest absolute Gasteiger partial charge is 0.0715 e. The first-order valence-corrected chi connectivity index (χ1v) is 16.4. The monoisotopic (exact) mass is 611 g/mol. The zero-order valence-electron chi connectivity index (χ0n) is 26.5. The van der Waals surface area contributed by atoms with E-state index in [-0.39, 0.29) is 0 Å². The van der Waals surface area contributed by atoms with Gasteiger partial charge in [0, 0.05) is 11.1 Å². The molecule has 1 aromatic heterocycles. The van der Waals surface area contributed by atoms with Gasteiger partial charge in [-0.2, -0.15) is 0 Å². The van der Waals surface area contributed by atoms with Gasteiger partial charge in [-0.05, 0) is 73.8 Å². The number of benzene rings is 7. The zero-order valence-corrected chi connectivity index (χ0v) is 26.5. The van der Waals surface area contributed by atoms with Crippen LogP contribution in [0.2, 0.25) is 0 Å². The summed E-state index contributed by atoms with van der Waals surface area (Å²) in [6.45, 7) is 0. The summed E-state index contributed by atoms with van der Waals surface area (Å²) in [6, 6.07) is 71.1. The lowest BCUT2D eigenvalue weighted by Crippen LogP contribution is -1.92. The van der Waals surface area contributed by atoms with Crippen LogP contribution in [0.4, 0.5) is 0 Å². The molecule has 0 aliphatic heterocycles. The molecule has 0 unspecified atom stereocenters. The van der Waals surface area contributed by atoms with Gasteiger partial charge in [-0.25, -0.2) is 4.98 Å². The van der Waals surface area contributed by atoms with Gasteiger partial charge >= 0.3 is 0 Å². The van der Waals surface area contributed by atoms with Gasteiger partial charge in [0.05, 0.1) is 11.4 Å². The van der Waals surface area contributed by atoms with Gasteiger partial charge < -0.3 is 0 Å². The van der Waals surface area contributed by atoms with E-state index in [1.807, 2.05) is 0 Å². The van der Waals surface area contributed by atoms with E-state index in [1.165, 1.54) is 44.5 Å². The third-order valence-electron chi connectivity index (χ3n) is 8.92. The van der Waals surface area contributed by atoms with Crippen molar-refractivity contribution in [1.82, 2.24) is 4.98 Å². The molecule has 0 saturated carbocycles. The Balaban J connectivity index is 1.16. The van der Waals surface area contributed by atoms with Gasteiger partial charge in [0.25, 0.3) is 0 Å². The van der Waals surface area contributed by atoms with Gasteiger partial charge in [0.2, 0.25) is 0 Å². The summed E-state index contributed by atoms with van der Waals surface area (Å²) >= 11 is 0. The lowest BCUT2D eigenvalue weighted by Gasteiger charge is -2.12. The molecular weight excluding hydrogens is 579 g/mol. The minimum atomic E-state index is 0.950. The molecule has 0 atom stereocenters. The Morgan fingerprint density at radius 3 is 0.854 bits per heavy atom. The van der Waals surface area contributed by atoms with Crippen LogP contribution in [0.15, 0.2) is 200 Å². The van der Waals surface area contributed by atoms with Crippen LogP contribution < -0.4 is 0 Å². The van der Waals surface area contributed by atoms with Crippen molar-refractivity contribution in [2.24, 2.45) is 0 Å². The fourth-order valence-corrected chi connectivity index (χ4v) is 6.29. The van der Waals surface area contributed by atoms with E-state index in [9.17, 15) is 0 Å². The van der Waals surface area contributed by atoms with Crippen LogP contribution in [0.5, 0.6) is 0 Å². The summed E-state index contributed by atoms with van der Waals surface area (Å²) in [5.74, 6) is 0. The summed E-state index contributed by atoms with van der Waals surface area (Å²) in [7, 11) is 0. The van der Waals surface area contributed by atoms with Crippen LogP contribution in [0.1, 0.15) is 0 Å². The van der Waals surface area contributed by atoms with E-state index in [2.05, 4.69) is 200 Å². The Kier molecular flexibility index (Phi) is 8.01. The molecule has 0 saturated heterocycles. The molecule has 48 heavy (non-hydrogen) atoms. The highest BCUT2D eigenvalue weighted by Crippen LogP contribution is 2.34. The van der Waals surface area contributed by atoms with E-state index in [1.54, 1.807) is 0 Å². The van der Waals surface area contributed by atoms with Crippen LogP contribution in [0.25, 0.3) is 78.1 Å². The standard InChI is InChI=1S/C47H33N/c1-4-11-34(12-5-1)37-19-21-40(22-20-37)45-32-46(41-27-23-38(24-28-41)35-13-6-2-7-14-35)48-47(33-45)42-29-25-39(26-30-42)44-18-10-17-43(31-44)36-15-8-3-9-16-36/h1-33H. The second-order valence-corrected chi connectivity index (χ2v) is 12.0. The van der Waals surface area contributed by atoms with Crippen molar-refractivity contribution < 1.29 is 0 Å². The third-order valence-corrected chi connectivity index (χ3v) is 8.92. The van der Waals surface area contributed by atoms with E-state index in [4.69, 9.17) is 4.98 Å². The maximum absolute atomic E-state index is 5.22. The maximum atomic E-state index is 5.22. The molecule has 0 radical (unpaired) electrons. The summed E-state index contributed by atoms with van der Waals surface area (Å²) in [4.78, 5) is 5.22. The summed E-state index contributed by atoms with van der Waals surface area (Å²) < 4.78 is 0. The summed E-state index contributed by atoms with van der Waals surface area (Å²) in [6.07, 6.45) is 0. The summed E-state index contributed by atoms with van der Waals surface area (Å²) in [5.41, 5.74) is 16.0. The molecular formula is C47H33N. The average molecular weight is 612 g/mol. The molecule has 8 aromatic rings. The van der Waals surface area contributed by atoms with Crippen LogP contribution >= 0.6 is 0 Å². The van der Waals surface area contributed by atoms with Crippen molar-refractivity contribution in [3.63, 3.8) is 0 Å². The number of rotatable bonds is 7. The Labute approximate surface area is 282 Å². The van der Waals surface area contributed by atoms with Crippen LogP contribution in [-0.4, -0.2) is 4.98 Å². The number of nitrogens with zero attached hydrogens (tertiary/aromatic N) is 1. The van der Waals surface area contributed by atoms with Crippen LogP contribution in [-0.2, 0) is 0 Å². The Morgan fingerprint density at radius 2 is 0.458 bits per heavy atom. The molecule has 0 N–H and O–H groups in total. The highest BCUT2D eigenvalue weighted by molar-refractivity contribution is 5.80. The van der Waals surface area contributed by atoms with Gasteiger partial charge in [-0.1, -0.05) is 182 Å². The van der Waals surface area contributed by atoms with E-state index in [0.29, 0.717) is 0 Å². The van der Waals surface area contributed by atoms with Crippen molar-refractivity contribution in [2.75, 3.05) is 0 Å². The molecule has 0 amide bonds. The number of hydrogen-bond acceptors (Lipinski definition) is 1. The van der Waals surface area contributed by atoms with Crippen LogP contribution in [0, 0.1) is 0 Å². The lowest BCUT2D eigenvalue weighted by atomic mass is 9.96. The van der Waals surface area contributed by atoms with E-state index >= 15 is 0 Å². The second kappa shape index (κ2) is 13.2. The molecule has 1 heterocycles. The molecule has 0 aliphatic carbocycles. The summed E-state index contributed by atoms with van der Waals surface area (Å²) in [5, 5.41) is 0. The predicted octanol–water partition coefficient (Wildman–Crippen LogP) is 12.8. The Hall–Kier alpha value is -6.31. The minimum Gasteiger partial charge on any atom is -0.248 e. The maximum Gasteiger partial charge on any atom is 0.0715 e. The SMILES string of the molecule is c1ccc(-c2ccc(-c3cc(-c4ccc(-c5ccccc5)cc4)nc(-c4ccc(-c5cccc(-c6ccccc6)c5)cc4)c3)cc2)cc1. The van der Waals surface area contributed by atoms with Crippen molar-refractivity contribution in [2.45, 2.75) is 0 Å². The van der Waals surface area contributed by atoms with Crippen molar-refractivity contribution in [3.8, 4) is 78.1 Å². The van der Waals surface area contributed by atoms with E-state index < -0.39 is 0 Å². The third kappa shape index (κ3) is 6.23. The van der Waals surface area contributed by atoms with Crippen molar-refractivity contribution in [1.29, 1.82) is 0 Å². The quantitative estimate of drug-likeness (QED) is 0.175. The first-order valence-electron chi connectivity index (χ1n) is 16.4. The van der Waals surface area contributed by atoms with Gasteiger partial charge in [-0.15, -0.1) is 0 Å². The molecule has 1 heteroatoms. The van der Waals surface area contributed by atoms with Crippen molar-refractivity contribution in [3.05, 3.63) is 200 Å². The Morgan fingerprint density at radius 1 is 0.188 bits per heavy atom. The topological polar surface area (TPSA) is 12.9 Å². The normalized spacial score (nSPS) is 10.9. The van der Waals surface area contributed by atoms with Crippen LogP contribution in [0.3, 0.4) is 0 Å².